The predicted molar refractivity (Wildman–Crippen MR) is 101 cm³/mol. The number of amides is 1. The third kappa shape index (κ3) is 4.35. The molecule has 1 amide bonds. The molecule has 25 heavy (non-hydrogen) atoms. The van der Waals surface area contributed by atoms with Crippen molar-refractivity contribution < 1.29 is 9.90 Å². The number of hydrogen-bond donors (Lipinski definition) is 2. The molecule has 4 heteroatoms. The van der Waals surface area contributed by atoms with Gasteiger partial charge in [0.05, 0.1) is 0 Å². The van der Waals surface area contributed by atoms with E-state index in [2.05, 4.69) is 26.1 Å². The second kappa shape index (κ2) is 7.77. The summed E-state index contributed by atoms with van der Waals surface area (Å²) in [5.74, 6) is 2.33. The SMILES string of the molecule is CC(C)CNC(C)[C@H]1CC[C@H](CN2Cc3ccc(O)cc3C2=O)CC1. The second-order valence-corrected chi connectivity index (χ2v) is 8.40. The van der Waals surface area contributed by atoms with Crippen molar-refractivity contribution in [1.29, 1.82) is 0 Å². The lowest BCUT2D eigenvalue weighted by atomic mass is 9.78. The Morgan fingerprint density at radius 2 is 1.92 bits per heavy atom. The highest BCUT2D eigenvalue weighted by atomic mass is 16.3. The largest absolute Gasteiger partial charge is 0.508 e. The summed E-state index contributed by atoms with van der Waals surface area (Å²) < 4.78 is 0. The van der Waals surface area contributed by atoms with E-state index in [0.717, 1.165) is 24.6 Å². The molecule has 3 rings (SSSR count). The number of fused-ring (bicyclic) bond motifs is 1. The quantitative estimate of drug-likeness (QED) is 0.825. The Hall–Kier alpha value is -1.55. The minimum absolute atomic E-state index is 0.0833. The van der Waals surface area contributed by atoms with E-state index in [-0.39, 0.29) is 11.7 Å². The molecule has 1 unspecified atom stereocenters. The van der Waals surface area contributed by atoms with Crippen molar-refractivity contribution in [2.24, 2.45) is 17.8 Å². The van der Waals surface area contributed by atoms with Gasteiger partial charge in [0.2, 0.25) is 0 Å². The Morgan fingerprint density at radius 3 is 2.60 bits per heavy atom. The smallest absolute Gasteiger partial charge is 0.254 e. The predicted octanol–water partition coefficient (Wildman–Crippen LogP) is 3.79. The van der Waals surface area contributed by atoms with E-state index in [4.69, 9.17) is 0 Å². The van der Waals surface area contributed by atoms with Crippen molar-refractivity contribution in [3.63, 3.8) is 0 Å². The number of nitrogens with zero attached hydrogens (tertiary/aromatic N) is 1. The fourth-order valence-electron chi connectivity index (χ4n) is 4.27. The van der Waals surface area contributed by atoms with Crippen LogP contribution >= 0.6 is 0 Å². The number of aromatic hydroxyl groups is 1. The lowest BCUT2D eigenvalue weighted by Crippen LogP contribution is -2.39. The average molecular weight is 344 g/mol. The van der Waals surface area contributed by atoms with Crippen LogP contribution in [0, 0.1) is 17.8 Å². The summed E-state index contributed by atoms with van der Waals surface area (Å²) in [6.45, 7) is 9.47. The number of hydrogen-bond acceptors (Lipinski definition) is 3. The van der Waals surface area contributed by atoms with E-state index in [9.17, 15) is 9.90 Å². The molecule has 0 bridgehead atoms. The summed E-state index contributed by atoms with van der Waals surface area (Å²) in [5.41, 5.74) is 1.73. The Kier molecular flexibility index (Phi) is 5.67. The maximum Gasteiger partial charge on any atom is 0.254 e. The molecule has 138 valence electrons. The zero-order valence-corrected chi connectivity index (χ0v) is 15.8. The first-order valence-electron chi connectivity index (χ1n) is 9.78. The Morgan fingerprint density at radius 1 is 1.20 bits per heavy atom. The molecule has 1 aliphatic carbocycles. The molecule has 0 aromatic heterocycles. The van der Waals surface area contributed by atoms with E-state index in [1.165, 1.54) is 25.7 Å². The summed E-state index contributed by atoms with van der Waals surface area (Å²) in [4.78, 5) is 14.5. The van der Waals surface area contributed by atoms with Gasteiger partial charge in [0.25, 0.3) is 5.91 Å². The highest BCUT2D eigenvalue weighted by molar-refractivity contribution is 5.98. The topological polar surface area (TPSA) is 52.6 Å². The molecule has 1 heterocycles. The molecule has 1 saturated carbocycles. The summed E-state index contributed by atoms with van der Waals surface area (Å²) >= 11 is 0. The molecule has 1 aliphatic heterocycles. The van der Waals surface area contributed by atoms with Gasteiger partial charge in [-0.3, -0.25) is 4.79 Å². The lowest BCUT2D eigenvalue weighted by molar-refractivity contribution is 0.0724. The Labute approximate surface area is 151 Å². The maximum absolute atomic E-state index is 12.5. The first-order valence-corrected chi connectivity index (χ1v) is 9.78. The molecule has 0 saturated heterocycles. The first kappa shape index (κ1) is 18.2. The molecule has 0 radical (unpaired) electrons. The molecular weight excluding hydrogens is 312 g/mol. The third-order valence-corrected chi connectivity index (χ3v) is 5.90. The normalized spacial score (nSPS) is 24.6. The standard InChI is InChI=1S/C21H32N2O2/c1-14(2)11-22-15(3)17-6-4-16(5-7-17)12-23-13-18-8-9-19(24)10-20(18)21(23)25/h8-10,14-17,22,24H,4-7,11-13H2,1-3H3/t15?,16-,17-. The van der Waals surface area contributed by atoms with Crippen molar-refractivity contribution >= 4 is 5.91 Å². The fraction of sp³-hybridized carbons (Fsp3) is 0.667. The summed E-state index contributed by atoms with van der Waals surface area (Å²) in [6.07, 6.45) is 4.94. The molecule has 1 aromatic rings. The summed E-state index contributed by atoms with van der Waals surface area (Å²) in [7, 11) is 0. The van der Waals surface area contributed by atoms with Crippen LogP contribution in [0.25, 0.3) is 0 Å². The van der Waals surface area contributed by atoms with Crippen LogP contribution in [0.3, 0.4) is 0 Å². The summed E-state index contributed by atoms with van der Waals surface area (Å²) in [5, 5.41) is 13.3. The van der Waals surface area contributed by atoms with Crippen LogP contribution in [-0.4, -0.2) is 35.0 Å². The van der Waals surface area contributed by atoms with Gasteiger partial charge >= 0.3 is 0 Å². The van der Waals surface area contributed by atoms with Gasteiger partial charge in [-0.25, -0.2) is 0 Å². The van der Waals surface area contributed by atoms with Crippen LogP contribution in [0.4, 0.5) is 0 Å². The van der Waals surface area contributed by atoms with Gasteiger partial charge < -0.3 is 15.3 Å². The fourth-order valence-corrected chi connectivity index (χ4v) is 4.27. The minimum atomic E-state index is 0.0833. The van der Waals surface area contributed by atoms with E-state index in [1.807, 2.05) is 11.0 Å². The van der Waals surface area contributed by atoms with Crippen molar-refractivity contribution in [3.8, 4) is 5.75 Å². The zero-order chi connectivity index (χ0) is 18.0. The van der Waals surface area contributed by atoms with Crippen LogP contribution in [0.1, 0.15) is 62.4 Å². The molecule has 2 N–H and O–H groups in total. The number of carbonyl (C=O) groups is 1. The third-order valence-electron chi connectivity index (χ3n) is 5.90. The number of phenolic OH excluding ortho intramolecular Hbond substituents is 1. The van der Waals surface area contributed by atoms with Gasteiger partial charge in [-0.05, 0) is 74.6 Å². The number of carbonyl (C=O) groups excluding carboxylic acids is 1. The zero-order valence-electron chi connectivity index (χ0n) is 15.8. The highest BCUT2D eigenvalue weighted by Crippen LogP contribution is 2.33. The van der Waals surface area contributed by atoms with Gasteiger partial charge in [0, 0.05) is 24.7 Å². The van der Waals surface area contributed by atoms with Crippen molar-refractivity contribution in [2.45, 2.75) is 59.0 Å². The Bertz CT molecular complexity index is 606. The molecular formula is C21H32N2O2. The van der Waals surface area contributed by atoms with Crippen molar-refractivity contribution in [3.05, 3.63) is 29.3 Å². The number of benzene rings is 1. The van der Waals surface area contributed by atoms with E-state index in [0.29, 0.717) is 30.0 Å². The van der Waals surface area contributed by atoms with Crippen LogP contribution in [0.5, 0.6) is 5.75 Å². The van der Waals surface area contributed by atoms with Gasteiger partial charge in [-0.15, -0.1) is 0 Å². The van der Waals surface area contributed by atoms with Crippen LogP contribution < -0.4 is 5.32 Å². The number of phenols is 1. The van der Waals surface area contributed by atoms with Crippen LogP contribution in [-0.2, 0) is 6.54 Å². The highest BCUT2D eigenvalue weighted by Gasteiger charge is 2.31. The molecule has 1 fully saturated rings. The molecule has 0 spiro atoms. The van der Waals surface area contributed by atoms with E-state index < -0.39 is 0 Å². The van der Waals surface area contributed by atoms with Gasteiger partial charge in [-0.1, -0.05) is 19.9 Å². The number of nitrogens with one attached hydrogen (secondary N) is 1. The first-order chi connectivity index (χ1) is 11.9. The minimum Gasteiger partial charge on any atom is -0.508 e. The van der Waals surface area contributed by atoms with Crippen LogP contribution in [0.15, 0.2) is 18.2 Å². The molecule has 2 aliphatic rings. The lowest BCUT2D eigenvalue weighted by Gasteiger charge is -2.34. The average Bonchev–Trinajstić information content (AvgIpc) is 2.89. The molecule has 1 atom stereocenters. The molecule has 4 nitrogen and oxygen atoms in total. The second-order valence-electron chi connectivity index (χ2n) is 8.40. The van der Waals surface area contributed by atoms with E-state index in [1.54, 1.807) is 12.1 Å². The van der Waals surface area contributed by atoms with Crippen LogP contribution in [0.2, 0.25) is 0 Å². The van der Waals surface area contributed by atoms with Gasteiger partial charge in [-0.2, -0.15) is 0 Å². The van der Waals surface area contributed by atoms with Gasteiger partial charge in [0.15, 0.2) is 0 Å². The number of rotatable bonds is 6. The summed E-state index contributed by atoms with van der Waals surface area (Å²) in [6, 6.07) is 5.74. The molecule has 1 aromatic carbocycles. The van der Waals surface area contributed by atoms with Crippen molar-refractivity contribution in [2.75, 3.05) is 13.1 Å². The van der Waals surface area contributed by atoms with Gasteiger partial charge in [0.1, 0.15) is 5.75 Å². The van der Waals surface area contributed by atoms with Crippen molar-refractivity contribution in [1.82, 2.24) is 10.2 Å². The maximum atomic E-state index is 12.5. The Balaban J connectivity index is 1.48. The van der Waals surface area contributed by atoms with E-state index >= 15 is 0 Å². The monoisotopic (exact) mass is 344 g/mol.